The number of hydrogen-bond acceptors (Lipinski definition) is 4. The number of nitrogens with zero attached hydrogens (tertiary/aromatic N) is 1. The molecule has 0 spiro atoms. The summed E-state index contributed by atoms with van der Waals surface area (Å²) in [5.74, 6) is 0.304. The molecule has 1 atom stereocenters. The Morgan fingerprint density at radius 2 is 1.95 bits per heavy atom. The first-order valence-corrected chi connectivity index (χ1v) is 7.47. The molecule has 0 heterocycles. The summed E-state index contributed by atoms with van der Waals surface area (Å²) in [5.41, 5.74) is -0.538. The van der Waals surface area contributed by atoms with Gasteiger partial charge in [-0.3, -0.25) is 10.2 Å². The zero-order chi connectivity index (χ0) is 14.6. The maximum absolute atomic E-state index is 12.4. The Morgan fingerprint density at radius 1 is 1.37 bits per heavy atom. The van der Waals surface area contributed by atoms with Crippen LogP contribution in [0.3, 0.4) is 0 Å². The number of nitrogens with one attached hydrogen (secondary N) is 1. The second-order valence-corrected chi connectivity index (χ2v) is 6.19. The van der Waals surface area contributed by atoms with Crippen molar-refractivity contribution in [2.75, 3.05) is 20.2 Å². The molecule has 112 valence electrons. The van der Waals surface area contributed by atoms with Crippen LogP contribution in [0, 0.1) is 5.92 Å². The molecule has 0 bridgehead atoms. The minimum Gasteiger partial charge on any atom is -0.468 e. The number of esters is 1. The van der Waals surface area contributed by atoms with Crippen molar-refractivity contribution in [2.24, 2.45) is 5.92 Å². The molecule has 1 saturated carbocycles. The number of ether oxygens (including phenoxy) is 1. The van der Waals surface area contributed by atoms with E-state index in [1.54, 1.807) is 0 Å². The summed E-state index contributed by atoms with van der Waals surface area (Å²) < 4.78 is 5.11. The monoisotopic (exact) mass is 270 g/mol. The van der Waals surface area contributed by atoms with Gasteiger partial charge >= 0.3 is 5.97 Å². The van der Waals surface area contributed by atoms with Gasteiger partial charge in [0, 0.05) is 18.6 Å². The summed E-state index contributed by atoms with van der Waals surface area (Å²) in [6, 6.07) is 0.701. The SMILES string of the molecule is CCN(CC(NC(C)C)(C(=O)OC)C1CC1)C(C)C. The topological polar surface area (TPSA) is 41.6 Å². The molecule has 0 aliphatic heterocycles. The van der Waals surface area contributed by atoms with E-state index in [1.807, 2.05) is 0 Å². The standard InChI is InChI=1S/C15H30N2O2/c1-7-17(12(4)5)10-15(13-8-9-13,14(18)19-6)16-11(2)3/h11-13,16H,7-10H2,1-6H3. The summed E-state index contributed by atoms with van der Waals surface area (Å²) in [7, 11) is 1.49. The molecule has 1 fully saturated rings. The van der Waals surface area contributed by atoms with Crippen LogP contribution in [-0.2, 0) is 9.53 Å². The van der Waals surface area contributed by atoms with Crippen LogP contribution in [0.25, 0.3) is 0 Å². The van der Waals surface area contributed by atoms with Gasteiger partial charge in [0.15, 0.2) is 0 Å². The smallest absolute Gasteiger partial charge is 0.327 e. The molecule has 1 rings (SSSR count). The molecule has 1 aliphatic rings. The second-order valence-electron chi connectivity index (χ2n) is 6.19. The lowest BCUT2D eigenvalue weighted by Gasteiger charge is -2.39. The quantitative estimate of drug-likeness (QED) is 0.685. The first kappa shape index (κ1) is 16.4. The van der Waals surface area contributed by atoms with Crippen molar-refractivity contribution in [1.82, 2.24) is 10.2 Å². The van der Waals surface area contributed by atoms with E-state index in [9.17, 15) is 4.79 Å². The average Bonchev–Trinajstić information content (AvgIpc) is 3.16. The highest BCUT2D eigenvalue weighted by Crippen LogP contribution is 2.41. The Balaban J connectivity index is 2.97. The summed E-state index contributed by atoms with van der Waals surface area (Å²) in [4.78, 5) is 14.8. The Morgan fingerprint density at radius 3 is 2.26 bits per heavy atom. The summed E-state index contributed by atoms with van der Waals surface area (Å²) in [5, 5.41) is 3.51. The van der Waals surface area contributed by atoms with Gasteiger partial charge in [0.1, 0.15) is 5.54 Å². The van der Waals surface area contributed by atoms with Crippen LogP contribution in [0.1, 0.15) is 47.5 Å². The first-order chi connectivity index (χ1) is 8.87. The molecule has 0 amide bonds. The van der Waals surface area contributed by atoms with Crippen molar-refractivity contribution in [1.29, 1.82) is 0 Å². The molecular weight excluding hydrogens is 240 g/mol. The van der Waals surface area contributed by atoms with Crippen LogP contribution in [-0.4, -0.2) is 48.7 Å². The van der Waals surface area contributed by atoms with Crippen LogP contribution in [0.2, 0.25) is 0 Å². The van der Waals surface area contributed by atoms with E-state index in [0.717, 1.165) is 25.9 Å². The lowest BCUT2D eigenvalue weighted by Crippen LogP contribution is -2.63. The maximum Gasteiger partial charge on any atom is 0.327 e. The molecule has 0 saturated heterocycles. The van der Waals surface area contributed by atoms with Crippen LogP contribution in [0.4, 0.5) is 0 Å². The van der Waals surface area contributed by atoms with Crippen LogP contribution < -0.4 is 5.32 Å². The molecule has 0 aromatic heterocycles. The van der Waals surface area contributed by atoms with Crippen LogP contribution in [0.5, 0.6) is 0 Å². The fourth-order valence-electron chi connectivity index (χ4n) is 2.84. The minimum atomic E-state index is -0.538. The Bertz CT molecular complexity index is 301. The summed E-state index contributed by atoms with van der Waals surface area (Å²) in [6.45, 7) is 12.4. The maximum atomic E-state index is 12.4. The van der Waals surface area contributed by atoms with Crippen molar-refractivity contribution in [2.45, 2.75) is 65.1 Å². The molecule has 4 heteroatoms. The molecule has 0 aromatic carbocycles. The third-order valence-electron chi connectivity index (χ3n) is 3.96. The largest absolute Gasteiger partial charge is 0.468 e. The van der Waals surface area contributed by atoms with Gasteiger partial charge in [-0.05, 0) is 53.0 Å². The lowest BCUT2D eigenvalue weighted by molar-refractivity contribution is -0.151. The summed E-state index contributed by atoms with van der Waals surface area (Å²) in [6.07, 6.45) is 2.23. The third kappa shape index (κ3) is 3.93. The first-order valence-electron chi connectivity index (χ1n) is 7.47. The van der Waals surface area contributed by atoms with Crippen LogP contribution >= 0.6 is 0 Å². The van der Waals surface area contributed by atoms with Gasteiger partial charge in [-0.1, -0.05) is 6.92 Å². The predicted octanol–water partition coefficient (Wildman–Crippen LogP) is 2.04. The Hall–Kier alpha value is -0.610. The second kappa shape index (κ2) is 6.71. The summed E-state index contributed by atoms with van der Waals surface area (Å²) >= 11 is 0. The van der Waals surface area contributed by atoms with Gasteiger partial charge in [0.2, 0.25) is 0 Å². The molecule has 4 nitrogen and oxygen atoms in total. The Kier molecular flexibility index (Phi) is 5.81. The molecule has 0 aromatic rings. The average molecular weight is 270 g/mol. The number of likely N-dealkylation sites (N-methyl/N-ethyl adjacent to an activating group) is 1. The molecule has 19 heavy (non-hydrogen) atoms. The van der Waals surface area contributed by atoms with E-state index < -0.39 is 5.54 Å². The number of carbonyl (C=O) groups is 1. The zero-order valence-corrected chi connectivity index (χ0v) is 13.3. The van der Waals surface area contributed by atoms with E-state index in [0.29, 0.717) is 12.0 Å². The van der Waals surface area contributed by atoms with Gasteiger partial charge in [-0.15, -0.1) is 0 Å². The zero-order valence-electron chi connectivity index (χ0n) is 13.3. The van der Waals surface area contributed by atoms with Gasteiger partial charge in [0.05, 0.1) is 7.11 Å². The van der Waals surface area contributed by atoms with Crippen molar-refractivity contribution in [3.63, 3.8) is 0 Å². The normalized spacial score (nSPS) is 19.0. The van der Waals surface area contributed by atoms with Crippen molar-refractivity contribution < 1.29 is 9.53 Å². The van der Waals surface area contributed by atoms with Gasteiger partial charge in [-0.25, -0.2) is 4.79 Å². The van der Waals surface area contributed by atoms with Crippen molar-refractivity contribution in [3.8, 4) is 0 Å². The fraction of sp³-hybridized carbons (Fsp3) is 0.933. The molecule has 1 aliphatic carbocycles. The van der Waals surface area contributed by atoms with E-state index in [2.05, 4.69) is 44.8 Å². The lowest BCUT2D eigenvalue weighted by atomic mass is 9.90. The highest BCUT2D eigenvalue weighted by atomic mass is 16.5. The van der Waals surface area contributed by atoms with Crippen LogP contribution in [0.15, 0.2) is 0 Å². The number of carbonyl (C=O) groups excluding carboxylic acids is 1. The molecular formula is C15H30N2O2. The number of rotatable bonds is 8. The van der Waals surface area contributed by atoms with Crippen molar-refractivity contribution in [3.05, 3.63) is 0 Å². The molecule has 1 N–H and O–H groups in total. The highest BCUT2D eigenvalue weighted by Gasteiger charge is 2.52. The van der Waals surface area contributed by atoms with Crippen molar-refractivity contribution >= 4 is 5.97 Å². The highest BCUT2D eigenvalue weighted by molar-refractivity contribution is 5.82. The number of hydrogen-bond donors (Lipinski definition) is 1. The Labute approximate surface area is 117 Å². The van der Waals surface area contributed by atoms with Gasteiger partial charge < -0.3 is 4.74 Å². The molecule has 1 unspecified atom stereocenters. The van der Waals surface area contributed by atoms with Gasteiger partial charge in [-0.2, -0.15) is 0 Å². The minimum absolute atomic E-state index is 0.109. The predicted molar refractivity (Wildman–Crippen MR) is 78.1 cm³/mol. The third-order valence-corrected chi connectivity index (χ3v) is 3.96. The molecule has 0 radical (unpaired) electrons. The van der Waals surface area contributed by atoms with E-state index >= 15 is 0 Å². The van der Waals surface area contributed by atoms with E-state index in [1.165, 1.54) is 7.11 Å². The van der Waals surface area contributed by atoms with E-state index in [-0.39, 0.29) is 12.0 Å². The fourth-order valence-corrected chi connectivity index (χ4v) is 2.84. The van der Waals surface area contributed by atoms with E-state index in [4.69, 9.17) is 4.74 Å². The number of methoxy groups -OCH3 is 1. The van der Waals surface area contributed by atoms with Gasteiger partial charge in [0.25, 0.3) is 0 Å².